The summed E-state index contributed by atoms with van der Waals surface area (Å²) in [6.45, 7) is 4.00. The molecule has 30 heavy (non-hydrogen) atoms. The summed E-state index contributed by atoms with van der Waals surface area (Å²) in [6, 6.07) is 15.7. The topological polar surface area (TPSA) is 64.9 Å². The molecule has 2 aromatic carbocycles. The van der Waals surface area contributed by atoms with E-state index in [1.807, 2.05) is 75.6 Å². The number of nitrogens with zero attached hydrogens (tertiary/aromatic N) is 4. The quantitative estimate of drug-likeness (QED) is 0.370. The minimum Gasteiger partial charge on any atom is -0.437 e. The van der Waals surface area contributed by atoms with Crippen molar-refractivity contribution in [2.24, 2.45) is 7.05 Å². The van der Waals surface area contributed by atoms with Gasteiger partial charge in [-0.25, -0.2) is 4.98 Å². The van der Waals surface area contributed by atoms with Crippen LogP contribution in [0.25, 0.3) is 11.3 Å². The van der Waals surface area contributed by atoms with Crippen molar-refractivity contribution in [1.29, 1.82) is 0 Å². The van der Waals surface area contributed by atoms with E-state index in [2.05, 4.69) is 19.8 Å². The number of nitrogens with one attached hydrogen (secondary N) is 1. The first-order valence-corrected chi connectivity index (χ1v) is 10.5. The van der Waals surface area contributed by atoms with Gasteiger partial charge in [-0.3, -0.25) is 9.40 Å². The van der Waals surface area contributed by atoms with Crippen LogP contribution in [0.5, 0.6) is 11.6 Å². The fourth-order valence-electron chi connectivity index (χ4n) is 2.89. The molecule has 0 fully saturated rings. The first-order chi connectivity index (χ1) is 14.5. The van der Waals surface area contributed by atoms with Crippen LogP contribution in [0, 0.1) is 13.8 Å². The monoisotopic (exact) mass is 437 g/mol. The van der Waals surface area contributed by atoms with Crippen molar-refractivity contribution in [3.8, 4) is 22.9 Å². The Hall–Kier alpha value is -3.03. The molecule has 2 heterocycles. The minimum absolute atomic E-state index is 0.300. The van der Waals surface area contributed by atoms with Gasteiger partial charge in [-0.05, 0) is 43.0 Å². The first kappa shape index (κ1) is 20.3. The maximum absolute atomic E-state index is 6.71. The van der Waals surface area contributed by atoms with Crippen LogP contribution in [-0.2, 0) is 7.05 Å². The molecule has 6 nitrogen and oxygen atoms in total. The molecule has 1 N–H and O–H groups in total. The normalized spacial score (nSPS) is 10.8. The van der Waals surface area contributed by atoms with Crippen molar-refractivity contribution >= 4 is 29.5 Å². The Bertz CT molecular complexity index is 1190. The van der Waals surface area contributed by atoms with E-state index in [1.165, 1.54) is 11.9 Å². The van der Waals surface area contributed by atoms with Gasteiger partial charge < -0.3 is 4.74 Å². The summed E-state index contributed by atoms with van der Waals surface area (Å²) in [5.74, 6) is 1.39. The number of ether oxygens (including phenoxy) is 1. The molecular weight excluding hydrogens is 418 g/mol. The Balaban J connectivity index is 1.75. The van der Waals surface area contributed by atoms with Crippen LogP contribution in [0.3, 0.4) is 0 Å². The molecule has 0 unspecified atom stereocenters. The number of para-hydroxylation sites is 1. The zero-order chi connectivity index (χ0) is 21.1. The predicted molar refractivity (Wildman–Crippen MR) is 121 cm³/mol. The highest BCUT2D eigenvalue weighted by Crippen LogP contribution is 2.38. The van der Waals surface area contributed by atoms with Gasteiger partial charge in [0.05, 0.1) is 16.8 Å². The zero-order valence-electron chi connectivity index (χ0n) is 16.8. The van der Waals surface area contributed by atoms with E-state index in [0.29, 0.717) is 28.3 Å². The van der Waals surface area contributed by atoms with Gasteiger partial charge in [0.25, 0.3) is 0 Å². The second kappa shape index (κ2) is 8.77. The van der Waals surface area contributed by atoms with Gasteiger partial charge in [0.2, 0.25) is 11.8 Å². The number of hydrogen-bond donors (Lipinski definition) is 1. The largest absolute Gasteiger partial charge is 0.437 e. The first-order valence-electron chi connectivity index (χ1n) is 9.30. The maximum Gasteiger partial charge on any atom is 0.243 e. The summed E-state index contributed by atoms with van der Waals surface area (Å²) in [7, 11) is 1.87. The molecule has 0 aliphatic heterocycles. The standard InChI is InChI=1S/C22H20ClN5OS/c1-14-8-4-6-10-17(14)20-19(23)21(29-18-11-7-5-9-15(18)2)26-22(25-20)27-30-16-12-24-28(3)13-16/h4-13H,1-3H3,(H,25,26,27). The maximum atomic E-state index is 6.71. The van der Waals surface area contributed by atoms with E-state index in [9.17, 15) is 0 Å². The average Bonchev–Trinajstić information content (AvgIpc) is 3.16. The Kier molecular flexibility index (Phi) is 5.92. The molecule has 4 rings (SSSR count). The minimum atomic E-state index is 0.300. The van der Waals surface area contributed by atoms with Gasteiger partial charge in [0.15, 0.2) is 0 Å². The van der Waals surface area contributed by atoms with Gasteiger partial charge in [-0.2, -0.15) is 10.1 Å². The number of aryl methyl sites for hydroxylation is 3. The number of aromatic nitrogens is 4. The Morgan fingerprint density at radius 3 is 2.43 bits per heavy atom. The Labute approximate surface area is 184 Å². The number of halogens is 1. The van der Waals surface area contributed by atoms with Crippen LogP contribution in [-0.4, -0.2) is 19.7 Å². The van der Waals surface area contributed by atoms with E-state index >= 15 is 0 Å². The summed E-state index contributed by atoms with van der Waals surface area (Å²) in [5.41, 5.74) is 3.59. The molecule has 152 valence electrons. The molecule has 0 atom stereocenters. The molecule has 4 aromatic rings. The van der Waals surface area contributed by atoms with E-state index in [4.69, 9.17) is 16.3 Å². The Morgan fingerprint density at radius 1 is 1.00 bits per heavy atom. The van der Waals surface area contributed by atoms with Gasteiger partial charge in [0.1, 0.15) is 10.8 Å². The Morgan fingerprint density at radius 2 is 1.73 bits per heavy atom. The van der Waals surface area contributed by atoms with E-state index in [0.717, 1.165) is 21.6 Å². The summed E-state index contributed by atoms with van der Waals surface area (Å²) >= 11 is 8.08. The third-order valence-electron chi connectivity index (χ3n) is 4.46. The highest BCUT2D eigenvalue weighted by molar-refractivity contribution is 8.00. The van der Waals surface area contributed by atoms with Crippen LogP contribution in [0.4, 0.5) is 5.95 Å². The molecule has 0 saturated heterocycles. The third kappa shape index (κ3) is 4.42. The zero-order valence-corrected chi connectivity index (χ0v) is 18.3. The van der Waals surface area contributed by atoms with Crippen LogP contribution in [0.2, 0.25) is 5.02 Å². The smallest absolute Gasteiger partial charge is 0.243 e. The lowest BCUT2D eigenvalue weighted by Crippen LogP contribution is -2.01. The molecule has 0 spiro atoms. The number of hydrogen-bond acceptors (Lipinski definition) is 6. The van der Waals surface area contributed by atoms with Crippen LogP contribution < -0.4 is 9.46 Å². The highest BCUT2D eigenvalue weighted by atomic mass is 35.5. The molecular formula is C22H20ClN5OS. The molecule has 2 aromatic heterocycles. The van der Waals surface area contributed by atoms with Crippen molar-refractivity contribution in [1.82, 2.24) is 19.7 Å². The van der Waals surface area contributed by atoms with Gasteiger partial charge in [-0.1, -0.05) is 54.1 Å². The molecule has 0 bridgehead atoms. The summed E-state index contributed by atoms with van der Waals surface area (Å²) in [4.78, 5) is 10.1. The fourth-order valence-corrected chi connectivity index (χ4v) is 3.72. The summed E-state index contributed by atoms with van der Waals surface area (Å²) < 4.78 is 11.0. The van der Waals surface area contributed by atoms with Gasteiger partial charge >= 0.3 is 0 Å². The number of rotatable bonds is 6. The summed E-state index contributed by atoms with van der Waals surface area (Å²) in [6.07, 6.45) is 3.67. The molecule has 8 heteroatoms. The molecule has 0 radical (unpaired) electrons. The molecule has 0 amide bonds. The lowest BCUT2D eigenvalue weighted by molar-refractivity contribution is 0.460. The molecule has 0 saturated carbocycles. The lowest BCUT2D eigenvalue weighted by atomic mass is 10.1. The van der Waals surface area contributed by atoms with E-state index in [1.54, 1.807) is 10.9 Å². The van der Waals surface area contributed by atoms with Crippen LogP contribution in [0.1, 0.15) is 11.1 Å². The lowest BCUT2D eigenvalue weighted by Gasteiger charge is -2.14. The fraction of sp³-hybridized carbons (Fsp3) is 0.136. The van der Waals surface area contributed by atoms with Gasteiger partial charge in [0, 0.05) is 18.8 Å². The van der Waals surface area contributed by atoms with Crippen molar-refractivity contribution in [2.45, 2.75) is 18.7 Å². The van der Waals surface area contributed by atoms with Crippen LogP contribution in [0.15, 0.2) is 65.8 Å². The van der Waals surface area contributed by atoms with E-state index < -0.39 is 0 Å². The van der Waals surface area contributed by atoms with Crippen molar-refractivity contribution in [2.75, 3.05) is 4.72 Å². The van der Waals surface area contributed by atoms with Gasteiger partial charge in [-0.15, -0.1) is 0 Å². The van der Waals surface area contributed by atoms with E-state index in [-0.39, 0.29) is 0 Å². The molecule has 0 aliphatic rings. The van der Waals surface area contributed by atoms with Crippen molar-refractivity contribution in [3.05, 3.63) is 77.1 Å². The third-order valence-corrected chi connectivity index (χ3v) is 5.53. The van der Waals surface area contributed by atoms with Crippen molar-refractivity contribution in [3.63, 3.8) is 0 Å². The number of benzene rings is 2. The highest BCUT2D eigenvalue weighted by Gasteiger charge is 2.18. The second-order valence-electron chi connectivity index (χ2n) is 6.75. The SMILES string of the molecule is Cc1ccccc1Oc1nc(NSc2cnn(C)c2)nc(-c2ccccc2C)c1Cl. The predicted octanol–water partition coefficient (Wildman–Crippen LogP) is 6.06. The molecule has 0 aliphatic carbocycles. The summed E-state index contributed by atoms with van der Waals surface area (Å²) in [5, 5.41) is 4.54. The second-order valence-corrected chi connectivity index (χ2v) is 8.01. The number of anilines is 1. The average molecular weight is 438 g/mol. The van der Waals surface area contributed by atoms with Crippen molar-refractivity contribution < 1.29 is 4.74 Å². The van der Waals surface area contributed by atoms with Crippen LogP contribution >= 0.6 is 23.5 Å².